The molecule has 5 heteroatoms. The minimum absolute atomic E-state index is 0.211. The van der Waals surface area contributed by atoms with Crippen molar-refractivity contribution in [3.05, 3.63) is 64.7 Å². The molecule has 0 radical (unpaired) electrons. The van der Waals surface area contributed by atoms with Gasteiger partial charge in [-0.25, -0.2) is 4.79 Å². The van der Waals surface area contributed by atoms with E-state index in [4.69, 9.17) is 16.7 Å². The van der Waals surface area contributed by atoms with Crippen molar-refractivity contribution in [2.45, 2.75) is 0 Å². The highest BCUT2D eigenvalue weighted by molar-refractivity contribution is 6.30. The number of halogens is 1. The predicted molar refractivity (Wildman–Crippen MR) is 76.1 cm³/mol. The van der Waals surface area contributed by atoms with Crippen molar-refractivity contribution >= 4 is 29.5 Å². The summed E-state index contributed by atoms with van der Waals surface area (Å²) < 4.78 is 0. The lowest BCUT2D eigenvalue weighted by Crippen LogP contribution is -1.97. The fourth-order valence-corrected chi connectivity index (χ4v) is 1.69. The second kappa shape index (κ2) is 6.02. The maximum atomic E-state index is 10.8. The number of carboxylic acids is 1. The van der Waals surface area contributed by atoms with Crippen LogP contribution in [0.2, 0.25) is 5.02 Å². The number of hydrogen-bond acceptors (Lipinski definition) is 3. The lowest BCUT2D eigenvalue weighted by atomic mass is 10.2. The molecule has 0 saturated carbocycles. The van der Waals surface area contributed by atoms with Gasteiger partial charge in [-0.2, -0.15) is 5.10 Å². The van der Waals surface area contributed by atoms with Gasteiger partial charge in [0.05, 0.1) is 17.5 Å². The zero-order valence-electron chi connectivity index (χ0n) is 9.88. The highest BCUT2D eigenvalue weighted by Crippen LogP contribution is 2.11. The van der Waals surface area contributed by atoms with Gasteiger partial charge in [-0.3, -0.25) is 5.43 Å². The van der Waals surface area contributed by atoms with Crippen molar-refractivity contribution in [2.24, 2.45) is 5.10 Å². The number of hydrazone groups is 1. The van der Waals surface area contributed by atoms with Gasteiger partial charge in [0, 0.05) is 5.02 Å². The summed E-state index contributed by atoms with van der Waals surface area (Å²) in [5.74, 6) is -0.970. The lowest BCUT2D eigenvalue weighted by Gasteiger charge is -2.01. The summed E-state index contributed by atoms with van der Waals surface area (Å²) in [7, 11) is 0. The number of benzene rings is 2. The van der Waals surface area contributed by atoms with Gasteiger partial charge in [-0.05, 0) is 35.9 Å². The monoisotopic (exact) mass is 274 g/mol. The van der Waals surface area contributed by atoms with Crippen LogP contribution < -0.4 is 5.43 Å². The minimum Gasteiger partial charge on any atom is -0.478 e. The third-order valence-electron chi connectivity index (χ3n) is 2.37. The molecule has 2 rings (SSSR count). The molecule has 0 saturated heterocycles. The van der Waals surface area contributed by atoms with E-state index < -0.39 is 5.97 Å². The van der Waals surface area contributed by atoms with Gasteiger partial charge >= 0.3 is 5.97 Å². The van der Waals surface area contributed by atoms with Gasteiger partial charge in [0.1, 0.15) is 0 Å². The highest BCUT2D eigenvalue weighted by atomic mass is 35.5. The molecule has 0 amide bonds. The molecule has 2 aromatic carbocycles. The third-order valence-corrected chi connectivity index (χ3v) is 2.60. The Balaban J connectivity index is 2.06. The van der Waals surface area contributed by atoms with Gasteiger partial charge in [0.25, 0.3) is 0 Å². The largest absolute Gasteiger partial charge is 0.478 e. The summed E-state index contributed by atoms with van der Waals surface area (Å²) in [6, 6.07) is 13.7. The molecular weight excluding hydrogens is 264 g/mol. The molecule has 0 bridgehead atoms. The van der Waals surface area contributed by atoms with Crippen LogP contribution in [-0.4, -0.2) is 17.3 Å². The van der Waals surface area contributed by atoms with Gasteiger partial charge in [0.15, 0.2) is 0 Å². The van der Waals surface area contributed by atoms with Crippen LogP contribution in [0.3, 0.4) is 0 Å². The van der Waals surface area contributed by atoms with Crippen molar-refractivity contribution < 1.29 is 9.90 Å². The Hall–Kier alpha value is -2.33. The number of aromatic carboxylic acids is 1. The summed E-state index contributed by atoms with van der Waals surface area (Å²) in [6.45, 7) is 0. The van der Waals surface area contributed by atoms with Crippen LogP contribution in [0.1, 0.15) is 15.9 Å². The molecule has 4 nitrogen and oxygen atoms in total. The number of nitrogens with one attached hydrogen (secondary N) is 1. The Morgan fingerprint density at radius 2 is 2.00 bits per heavy atom. The summed E-state index contributed by atoms with van der Waals surface area (Å²) in [5, 5.41) is 13.5. The minimum atomic E-state index is -0.970. The number of anilines is 1. The van der Waals surface area contributed by atoms with Crippen molar-refractivity contribution in [3.8, 4) is 0 Å². The smallest absolute Gasteiger partial charge is 0.335 e. The first kappa shape index (κ1) is 13.1. The van der Waals surface area contributed by atoms with Crippen LogP contribution in [0.5, 0.6) is 0 Å². The van der Waals surface area contributed by atoms with Crippen LogP contribution in [-0.2, 0) is 0 Å². The summed E-state index contributed by atoms with van der Waals surface area (Å²) in [6.07, 6.45) is 1.61. The van der Waals surface area contributed by atoms with E-state index in [0.29, 0.717) is 10.7 Å². The maximum absolute atomic E-state index is 10.8. The van der Waals surface area contributed by atoms with E-state index in [1.54, 1.807) is 30.5 Å². The van der Waals surface area contributed by atoms with Crippen molar-refractivity contribution in [2.75, 3.05) is 5.43 Å². The van der Waals surface area contributed by atoms with Gasteiger partial charge in [0.2, 0.25) is 0 Å². The number of carbonyl (C=O) groups is 1. The molecule has 0 aliphatic rings. The zero-order valence-corrected chi connectivity index (χ0v) is 10.6. The van der Waals surface area contributed by atoms with Crippen LogP contribution in [0.4, 0.5) is 5.69 Å². The Labute approximate surface area is 115 Å². The van der Waals surface area contributed by atoms with Gasteiger partial charge in [-0.1, -0.05) is 29.8 Å². The topological polar surface area (TPSA) is 61.7 Å². The zero-order chi connectivity index (χ0) is 13.7. The van der Waals surface area contributed by atoms with Crippen molar-refractivity contribution in [1.29, 1.82) is 0 Å². The van der Waals surface area contributed by atoms with Crippen LogP contribution in [0, 0.1) is 0 Å². The quantitative estimate of drug-likeness (QED) is 0.663. The number of hydrogen-bond donors (Lipinski definition) is 2. The van der Waals surface area contributed by atoms with E-state index in [9.17, 15) is 4.79 Å². The lowest BCUT2D eigenvalue weighted by molar-refractivity contribution is 0.0697. The molecule has 0 aliphatic carbocycles. The fraction of sp³-hybridized carbons (Fsp3) is 0. The molecular formula is C14H11ClN2O2. The van der Waals surface area contributed by atoms with Crippen LogP contribution in [0.15, 0.2) is 53.6 Å². The maximum Gasteiger partial charge on any atom is 0.335 e. The molecule has 0 aliphatic heterocycles. The fourth-order valence-electron chi connectivity index (χ4n) is 1.49. The van der Waals surface area contributed by atoms with E-state index in [0.717, 1.165) is 5.56 Å². The molecule has 0 aromatic heterocycles. The molecule has 96 valence electrons. The SMILES string of the molecule is O=C(O)c1cccc(N/N=C\c2cccc(Cl)c2)c1. The third kappa shape index (κ3) is 3.82. The Bertz CT molecular complexity index is 626. The highest BCUT2D eigenvalue weighted by Gasteiger charge is 2.01. The van der Waals surface area contributed by atoms with Crippen molar-refractivity contribution in [3.63, 3.8) is 0 Å². The van der Waals surface area contributed by atoms with Crippen LogP contribution >= 0.6 is 11.6 Å². The van der Waals surface area contributed by atoms with E-state index in [1.165, 1.54) is 12.1 Å². The molecule has 2 aromatic rings. The molecule has 0 fully saturated rings. The second-order valence-electron chi connectivity index (χ2n) is 3.81. The summed E-state index contributed by atoms with van der Waals surface area (Å²) in [4.78, 5) is 10.8. The van der Waals surface area contributed by atoms with Gasteiger partial charge in [-0.15, -0.1) is 0 Å². The standard InChI is InChI=1S/C14H11ClN2O2/c15-12-5-1-3-10(7-12)9-16-17-13-6-2-4-11(8-13)14(18)19/h1-9,17H,(H,18,19)/b16-9-. The van der Waals surface area contributed by atoms with Gasteiger partial charge < -0.3 is 5.11 Å². The summed E-state index contributed by atoms with van der Waals surface area (Å²) in [5.41, 5.74) is 4.45. The average molecular weight is 275 g/mol. The molecule has 0 heterocycles. The predicted octanol–water partition coefficient (Wildman–Crippen LogP) is 3.48. The first-order chi connectivity index (χ1) is 9.15. The number of carboxylic acid groups (broad SMARTS) is 1. The Morgan fingerprint density at radius 1 is 1.21 bits per heavy atom. The Morgan fingerprint density at radius 3 is 2.74 bits per heavy atom. The van der Waals surface area contributed by atoms with E-state index in [2.05, 4.69) is 10.5 Å². The molecule has 2 N–H and O–H groups in total. The Kier molecular flexibility index (Phi) is 4.15. The van der Waals surface area contributed by atoms with E-state index >= 15 is 0 Å². The average Bonchev–Trinajstić information content (AvgIpc) is 2.39. The van der Waals surface area contributed by atoms with Crippen molar-refractivity contribution in [1.82, 2.24) is 0 Å². The first-order valence-corrected chi connectivity index (χ1v) is 5.91. The first-order valence-electron chi connectivity index (χ1n) is 5.53. The van der Waals surface area contributed by atoms with Crippen LogP contribution in [0.25, 0.3) is 0 Å². The molecule has 0 spiro atoms. The number of nitrogens with zero attached hydrogens (tertiary/aromatic N) is 1. The summed E-state index contributed by atoms with van der Waals surface area (Å²) >= 11 is 5.85. The van der Waals surface area contributed by atoms with E-state index in [1.807, 2.05) is 12.1 Å². The molecule has 0 unspecified atom stereocenters. The molecule has 19 heavy (non-hydrogen) atoms. The normalized spacial score (nSPS) is 10.6. The number of rotatable bonds is 4. The molecule has 0 atom stereocenters. The van der Waals surface area contributed by atoms with E-state index in [-0.39, 0.29) is 5.56 Å². The second-order valence-corrected chi connectivity index (χ2v) is 4.25.